The first-order chi connectivity index (χ1) is 16.8. The third-order valence-electron chi connectivity index (χ3n) is 6.02. The van der Waals surface area contributed by atoms with Crippen molar-refractivity contribution in [1.82, 2.24) is 0 Å². The molecule has 2 heterocycles. The van der Waals surface area contributed by atoms with Gasteiger partial charge < -0.3 is 33.2 Å². The first-order valence-electron chi connectivity index (χ1n) is 10.4. The van der Waals surface area contributed by atoms with Crippen LogP contribution in [0.5, 0.6) is 23.0 Å². The van der Waals surface area contributed by atoms with E-state index in [1.165, 1.54) is 44.6 Å². The lowest BCUT2D eigenvalue weighted by atomic mass is 9.68. The lowest BCUT2D eigenvalue weighted by Crippen LogP contribution is -2.52. The molecule has 0 bridgehead atoms. The molecule has 2 aliphatic rings. The normalized spacial score (nSPS) is 22.2. The number of hydrogen-bond donors (Lipinski definition) is 0. The van der Waals surface area contributed by atoms with Gasteiger partial charge in [0.1, 0.15) is 12.0 Å². The summed E-state index contributed by atoms with van der Waals surface area (Å²) in [5.41, 5.74) is -2.49. The fourth-order valence-corrected chi connectivity index (χ4v) is 4.31. The Kier molecular flexibility index (Phi) is 6.25. The fraction of sp³-hybridized carbons (Fsp3) is 0.333. The largest absolute Gasteiger partial charge is 0.493 e. The molecule has 0 aliphatic carbocycles. The van der Waals surface area contributed by atoms with Crippen LogP contribution in [-0.2, 0) is 28.6 Å². The maximum Gasteiger partial charge on any atom is 0.333 e. The molecule has 184 valence electrons. The van der Waals surface area contributed by atoms with Crippen LogP contribution in [0.1, 0.15) is 22.0 Å². The highest BCUT2D eigenvalue weighted by molar-refractivity contribution is 6.28. The zero-order chi connectivity index (χ0) is 25.3. The van der Waals surface area contributed by atoms with Crippen LogP contribution in [0, 0.1) is 11.3 Å². The summed E-state index contributed by atoms with van der Waals surface area (Å²) in [6, 6.07) is 8.67. The van der Waals surface area contributed by atoms with Crippen LogP contribution >= 0.6 is 0 Å². The van der Waals surface area contributed by atoms with Crippen molar-refractivity contribution < 1.29 is 52.3 Å². The van der Waals surface area contributed by atoms with Gasteiger partial charge in [-0.15, -0.1) is 0 Å². The van der Waals surface area contributed by atoms with Gasteiger partial charge >= 0.3 is 17.9 Å². The predicted octanol–water partition coefficient (Wildman–Crippen LogP) is 1.86. The van der Waals surface area contributed by atoms with E-state index in [0.29, 0.717) is 22.8 Å². The standard InChI is InChI=1S/C24H22O11/c1-29-14-7-6-13(10-16(14)30-2)20(25)24(22(27)32-4)18(21(26)31-3)19(35-23(24)28)12-5-8-15-17(9-12)34-11-33-15/h5-10,18-19H,11H2,1-4H3/t18-,19-,24-/m0/s1. The van der Waals surface area contributed by atoms with Gasteiger partial charge in [-0.2, -0.15) is 0 Å². The molecule has 2 aromatic carbocycles. The van der Waals surface area contributed by atoms with Gasteiger partial charge in [-0.3, -0.25) is 19.2 Å². The number of cyclic esters (lactones) is 1. The number of rotatable bonds is 7. The van der Waals surface area contributed by atoms with Crippen LogP contribution < -0.4 is 18.9 Å². The van der Waals surface area contributed by atoms with Crippen LogP contribution in [0.2, 0.25) is 0 Å². The summed E-state index contributed by atoms with van der Waals surface area (Å²) in [5, 5.41) is 0. The molecule has 0 unspecified atom stereocenters. The molecule has 3 atom stereocenters. The molecule has 0 amide bonds. The Morgan fingerprint density at radius 2 is 1.60 bits per heavy atom. The third-order valence-corrected chi connectivity index (χ3v) is 6.02. The van der Waals surface area contributed by atoms with E-state index in [4.69, 9.17) is 33.2 Å². The summed E-state index contributed by atoms with van der Waals surface area (Å²) in [6.07, 6.45) is -1.35. The van der Waals surface area contributed by atoms with Crippen molar-refractivity contribution >= 4 is 23.7 Å². The molecule has 0 radical (unpaired) electrons. The van der Waals surface area contributed by atoms with Gasteiger partial charge in [-0.05, 0) is 35.9 Å². The van der Waals surface area contributed by atoms with Crippen LogP contribution in [0.3, 0.4) is 0 Å². The van der Waals surface area contributed by atoms with E-state index in [0.717, 1.165) is 14.2 Å². The Hall–Kier alpha value is -4.28. The number of hydrogen-bond acceptors (Lipinski definition) is 11. The average Bonchev–Trinajstić information content (AvgIpc) is 3.48. The molecule has 0 saturated carbocycles. The van der Waals surface area contributed by atoms with Gasteiger partial charge in [0.05, 0.1) is 28.4 Å². The summed E-state index contributed by atoms with van der Waals surface area (Å²) in [5.74, 6) is -4.96. The summed E-state index contributed by atoms with van der Waals surface area (Å²) in [7, 11) is 4.85. The third kappa shape index (κ3) is 3.59. The van der Waals surface area contributed by atoms with E-state index in [9.17, 15) is 19.2 Å². The first kappa shape index (κ1) is 23.9. The second-order valence-electron chi connectivity index (χ2n) is 7.64. The maximum absolute atomic E-state index is 13.9. The number of fused-ring (bicyclic) bond motifs is 1. The lowest BCUT2D eigenvalue weighted by molar-refractivity contribution is -0.165. The molecule has 11 heteroatoms. The van der Waals surface area contributed by atoms with Crippen LogP contribution in [0.25, 0.3) is 0 Å². The molecular weight excluding hydrogens is 464 g/mol. The number of ketones is 1. The van der Waals surface area contributed by atoms with E-state index in [1.54, 1.807) is 6.07 Å². The van der Waals surface area contributed by atoms with Gasteiger partial charge in [0.25, 0.3) is 0 Å². The summed E-state index contributed by atoms with van der Waals surface area (Å²) in [4.78, 5) is 53.5. The molecule has 0 aromatic heterocycles. The number of carbonyl (C=O) groups excluding carboxylic acids is 4. The van der Waals surface area contributed by atoms with Crippen molar-refractivity contribution in [3.8, 4) is 23.0 Å². The fourth-order valence-electron chi connectivity index (χ4n) is 4.31. The van der Waals surface area contributed by atoms with Gasteiger partial charge in [0.2, 0.25) is 12.2 Å². The van der Waals surface area contributed by atoms with Crippen molar-refractivity contribution in [3.63, 3.8) is 0 Å². The molecule has 11 nitrogen and oxygen atoms in total. The van der Waals surface area contributed by atoms with E-state index in [-0.39, 0.29) is 18.1 Å². The van der Waals surface area contributed by atoms with Crippen LogP contribution in [0.4, 0.5) is 0 Å². The van der Waals surface area contributed by atoms with Crippen molar-refractivity contribution in [1.29, 1.82) is 0 Å². The quantitative estimate of drug-likeness (QED) is 0.246. The van der Waals surface area contributed by atoms with Gasteiger partial charge in [-0.1, -0.05) is 6.07 Å². The monoisotopic (exact) mass is 486 g/mol. The highest BCUT2D eigenvalue weighted by atomic mass is 16.7. The Balaban J connectivity index is 1.89. The predicted molar refractivity (Wildman–Crippen MR) is 115 cm³/mol. The number of ether oxygens (including phenoxy) is 7. The molecule has 0 N–H and O–H groups in total. The Morgan fingerprint density at radius 3 is 2.26 bits per heavy atom. The second kappa shape index (κ2) is 9.16. The number of carbonyl (C=O) groups is 4. The van der Waals surface area contributed by atoms with E-state index in [2.05, 4.69) is 0 Å². The minimum absolute atomic E-state index is 0.00639. The number of Topliss-reactive ketones (excluding diaryl/α,β-unsaturated/α-hetero) is 1. The second-order valence-corrected chi connectivity index (χ2v) is 7.64. The highest BCUT2D eigenvalue weighted by Gasteiger charge is 2.71. The average molecular weight is 486 g/mol. The SMILES string of the molecule is COC(=O)[C@@H]1[C@H](c2ccc3c(c2)OCO3)OC(=O)[C@]1(C(=O)OC)C(=O)c1ccc(OC)c(OC)c1. The van der Waals surface area contributed by atoms with E-state index >= 15 is 0 Å². The minimum Gasteiger partial charge on any atom is -0.493 e. The minimum atomic E-state index is -2.68. The topological polar surface area (TPSA) is 133 Å². The number of methoxy groups -OCH3 is 4. The summed E-state index contributed by atoms with van der Waals surface area (Å²) < 4.78 is 36.4. The van der Waals surface area contributed by atoms with Crippen molar-refractivity contribution in [2.75, 3.05) is 35.2 Å². The molecule has 0 spiro atoms. The zero-order valence-electron chi connectivity index (χ0n) is 19.3. The number of benzene rings is 2. The molecule has 4 rings (SSSR count). The van der Waals surface area contributed by atoms with Crippen molar-refractivity contribution in [3.05, 3.63) is 47.5 Å². The Labute approximate surface area is 199 Å². The lowest BCUT2D eigenvalue weighted by Gasteiger charge is -2.27. The molecule has 2 aliphatic heterocycles. The molecule has 1 fully saturated rings. The van der Waals surface area contributed by atoms with Crippen LogP contribution in [0.15, 0.2) is 36.4 Å². The van der Waals surface area contributed by atoms with Crippen molar-refractivity contribution in [2.24, 2.45) is 11.3 Å². The van der Waals surface area contributed by atoms with Crippen LogP contribution in [-0.4, -0.2) is 58.9 Å². The Bertz CT molecular complexity index is 1200. The maximum atomic E-state index is 13.9. The molecular formula is C24H22O11. The zero-order valence-corrected chi connectivity index (χ0v) is 19.3. The highest BCUT2D eigenvalue weighted by Crippen LogP contribution is 2.52. The molecule has 2 aromatic rings. The van der Waals surface area contributed by atoms with E-state index in [1.807, 2.05) is 0 Å². The Morgan fingerprint density at radius 1 is 0.886 bits per heavy atom. The summed E-state index contributed by atoms with van der Waals surface area (Å²) in [6.45, 7) is -0.00639. The van der Waals surface area contributed by atoms with Gasteiger partial charge in [0, 0.05) is 5.56 Å². The van der Waals surface area contributed by atoms with Crippen molar-refractivity contribution in [2.45, 2.75) is 6.10 Å². The number of esters is 3. The summed E-state index contributed by atoms with van der Waals surface area (Å²) >= 11 is 0. The van der Waals surface area contributed by atoms with Gasteiger partial charge in [0.15, 0.2) is 28.8 Å². The van der Waals surface area contributed by atoms with Gasteiger partial charge in [-0.25, -0.2) is 0 Å². The first-order valence-corrected chi connectivity index (χ1v) is 10.4. The molecule has 35 heavy (non-hydrogen) atoms. The smallest absolute Gasteiger partial charge is 0.333 e. The molecule has 1 saturated heterocycles. The van der Waals surface area contributed by atoms with E-state index < -0.39 is 41.1 Å².